The highest BCUT2D eigenvalue weighted by atomic mass is 31.2. The summed E-state index contributed by atoms with van der Waals surface area (Å²) in [5.41, 5.74) is 2.60. The minimum atomic E-state index is -2.98. The van der Waals surface area contributed by atoms with E-state index in [1.807, 2.05) is 91.0 Å². The lowest BCUT2D eigenvalue weighted by Crippen LogP contribution is -2.03. The van der Waals surface area contributed by atoms with Gasteiger partial charge < -0.3 is 9.82 Å². The molecule has 0 fully saturated rings. The minimum absolute atomic E-state index is 0.596. The fraction of sp³-hybridized carbons (Fsp3) is 0. The third-order valence-corrected chi connectivity index (χ3v) is 5.88. The first-order valence-electron chi connectivity index (χ1n) is 8.39. The van der Waals surface area contributed by atoms with Gasteiger partial charge in [0.1, 0.15) is 11.5 Å². The number of nitrogens with one attached hydrogen (secondary N) is 1. The molecule has 0 amide bonds. The van der Waals surface area contributed by atoms with E-state index in [0.29, 0.717) is 11.5 Å². The van der Waals surface area contributed by atoms with Gasteiger partial charge in [0, 0.05) is 28.4 Å². The first-order chi connectivity index (χ1) is 12.7. The Morgan fingerprint density at radius 3 is 1.50 bits per heavy atom. The van der Waals surface area contributed by atoms with E-state index in [1.165, 1.54) is 0 Å². The minimum Gasteiger partial charge on any atom is -0.456 e. The number of ether oxygens (including phenoxy) is 1. The second-order valence-electron chi connectivity index (χ2n) is 6.01. The lowest BCUT2D eigenvalue weighted by molar-refractivity contribution is 0.469. The Morgan fingerprint density at radius 1 is 0.615 bits per heavy atom. The summed E-state index contributed by atoms with van der Waals surface area (Å²) in [5.74, 6) is 4.58. The van der Waals surface area contributed by atoms with Gasteiger partial charge in [-0.2, -0.15) is 0 Å². The zero-order valence-electron chi connectivity index (χ0n) is 14.1. The van der Waals surface area contributed by atoms with Crippen LogP contribution in [0.5, 0.6) is 0 Å². The highest BCUT2D eigenvalue weighted by molar-refractivity contribution is 7.72. The molecule has 3 aromatic rings. The van der Waals surface area contributed by atoms with Gasteiger partial charge in [-0.15, -0.1) is 0 Å². The third-order valence-electron chi connectivity index (χ3n) is 4.03. The largest absolute Gasteiger partial charge is 0.456 e. The number of hydrogen-bond acceptors (Lipinski definition) is 2. The van der Waals surface area contributed by atoms with Crippen LogP contribution in [0.25, 0.3) is 11.5 Å². The summed E-state index contributed by atoms with van der Waals surface area (Å²) < 4.78 is 19.7. The van der Waals surface area contributed by atoms with Crippen LogP contribution in [0.3, 0.4) is 0 Å². The molecule has 3 nitrogen and oxygen atoms in total. The van der Waals surface area contributed by atoms with E-state index in [4.69, 9.17) is 4.74 Å². The van der Waals surface area contributed by atoms with Gasteiger partial charge in [-0.25, -0.2) is 0 Å². The van der Waals surface area contributed by atoms with Crippen LogP contribution in [0.1, 0.15) is 11.1 Å². The smallest absolute Gasteiger partial charge is 0.220 e. The van der Waals surface area contributed by atoms with Crippen LogP contribution in [0.15, 0.2) is 103 Å². The molecule has 1 aliphatic heterocycles. The Balaban J connectivity index is 1.77. The molecule has 0 radical (unpaired) electrons. The van der Waals surface area contributed by atoms with Crippen molar-refractivity contribution in [2.75, 3.05) is 5.09 Å². The van der Waals surface area contributed by atoms with E-state index >= 15 is 0 Å². The van der Waals surface area contributed by atoms with Crippen molar-refractivity contribution in [1.29, 1.82) is 0 Å². The first-order valence-corrected chi connectivity index (χ1v) is 10.2. The molecule has 0 saturated carbocycles. The van der Waals surface area contributed by atoms with Gasteiger partial charge in [0.25, 0.3) is 0 Å². The van der Waals surface area contributed by atoms with Crippen molar-refractivity contribution in [3.63, 3.8) is 0 Å². The fourth-order valence-corrected chi connectivity index (χ4v) is 4.66. The molecule has 3 aromatic carbocycles. The quantitative estimate of drug-likeness (QED) is 0.548. The van der Waals surface area contributed by atoms with Gasteiger partial charge in [0.15, 0.2) is 0 Å². The Labute approximate surface area is 153 Å². The summed E-state index contributed by atoms with van der Waals surface area (Å²) in [5, 5.41) is 3.18. The Bertz CT molecular complexity index is 937. The van der Waals surface area contributed by atoms with Crippen molar-refractivity contribution >= 4 is 24.5 Å². The second-order valence-corrected chi connectivity index (χ2v) is 8.17. The summed E-state index contributed by atoms with van der Waals surface area (Å²) in [6.07, 6.45) is 0. The molecule has 1 N–H and O–H groups in total. The third kappa shape index (κ3) is 3.63. The van der Waals surface area contributed by atoms with E-state index in [1.54, 1.807) is 11.6 Å². The lowest BCUT2D eigenvalue weighted by atomic mass is 10.2. The Morgan fingerprint density at radius 2 is 1.04 bits per heavy atom. The molecule has 0 atom stereocenters. The van der Waals surface area contributed by atoms with Gasteiger partial charge in [-0.3, -0.25) is 4.57 Å². The maximum absolute atomic E-state index is 13.6. The number of para-hydroxylation sites is 1. The van der Waals surface area contributed by atoms with Crippen molar-refractivity contribution in [2.45, 2.75) is 0 Å². The molecule has 0 unspecified atom stereocenters. The number of rotatable bonds is 4. The predicted molar refractivity (Wildman–Crippen MR) is 108 cm³/mol. The van der Waals surface area contributed by atoms with Crippen LogP contribution < -0.4 is 5.09 Å². The topological polar surface area (TPSA) is 38.3 Å². The summed E-state index contributed by atoms with van der Waals surface area (Å²) in [7, 11) is -2.98. The van der Waals surface area contributed by atoms with Crippen LogP contribution in [0, 0.1) is 0 Å². The molecule has 0 saturated heterocycles. The van der Waals surface area contributed by atoms with Crippen LogP contribution in [-0.4, -0.2) is 0 Å². The maximum Gasteiger partial charge on any atom is 0.220 e. The number of benzene rings is 3. The fourth-order valence-electron chi connectivity index (χ4n) is 2.81. The highest BCUT2D eigenvalue weighted by Gasteiger charge is 2.26. The van der Waals surface area contributed by atoms with Crippen molar-refractivity contribution < 1.29 is 9.30 Å². The molecule has 26 heavy (non-hydrogen) atoms. The van der Waals surface area contributed by atoms with Crippen LogP contribution in [0.2, 0.25) is 0 Å². The van der Waals surface area contributed by atoms with E-state index in [0.717, 1.165) is 16.8 Å². The zero-order valence-corrected chi connectivity index (χ0v) is 15.0. The molecule has 0 aliphatic carbocycles. The van der Waals surface area contributed by atoms with E-state index in [9.17, 15) is 4.57 Å². The van der Waals surface area contributed by atoms with Gasteiger partial charge in [0.05, 0.1) is 0 Å². The number of anilines is 1. The SMILES string of the molecule is O=P1(Nc2ccccc2)C=C(c2ccccc2)OC(c2ccccc2)=C1. The first kappa shape index (κ1) is 16.4. The maximum atomic E-state index is 13.6. The van der Waals surface area contributed by atoms with Crippen molar-refractivity contribution in [1.82, 2.24) is 0 Å². The lowest BCUT2D eigenvalue weighted by Gasteiger charge is -2.24. The van der Waals surface area contributed by atoms with E-state index in [-0.39, 0.29) is 0 Å². The number of hydrogen-bond donors (Lipinski definition) is 1. The average molecular weight is 359 g/mol. The molecular weight excluding hydrogens is 341 g/mol. The average Bonchev–Trinajstić information content (AvgIpc) is 2.69. The second kappa shape index (κ2) is 7.07. The van der Waals surface area contributed by atoms with Gasteiger partial charge in [-0.1, -0.05) is 78.9 Å². The highest BCUT2D eigenvalue weighted by Crippen LogP contribution is 2.56. The Kier molecular flexibility index (Phi) is 4.47. The molecule has 4 heteroatoms. The van der Waals surface area contributed by atoms with Crippen LogP contribution in [0.4, 0.5) is 5.69 Å². The standard InChI is InChI=1S/C22H18NO2P/c24-26(23-20-14-8-3-9-15-20)16-21(18-10-4-1-5-11-18)25-22(17-26)19-12-6-2-7-13-19/h1-17H,(H,23,24). The molecule has 128 valence electrons. The molecule has 1 aliphatic rings. The normalized spacial score (nSPS) is 15.4. The van der Waals surface area contributed by atoms with Gasteiger partial charge >= 0.3 is 0 Å². The molecule has 0 bridgehead atoms. The van der Waals surface area contributed by atoms with Crippen molar-refractivity contribution in [3.8, 4) is 0 Å². The molecule has 1 heterocycles. The molecular formula is C22H18NO2P. The van der Waals surface area contributed by atoms with Gasteiger partial charge in [0.2, 0.25) is 7.29 Å². The monoisotopic (exact) mass is 359 g/mol. The van der Waals surface area contributed by atoms with Crippen molar-refractivity contribution in [2.24, 2.45) is 0 Å². The van der Waals surface area contributed by atoms with E-state index in [2.05, 4.69) is 5.09 Å². The van der Waals surface area contributed by atoms with Gasteiger partial charge in [-0.05, 0) is 12.1 Å². The molecule has 0 aromatic heterocycles. The van der Waals surface area contributed by atoms with Crippen LogP contribution in [-0.2, 0) is 9.30 Å². The molecule has 4 rings (SSSR count). The summed E-state index contributed by atoms with van der Waals surface area (Å²) in [6, 6.07) is 29.0. The molecule has 0 spiro atoms. The van der Waals surface area contributed by atoms with Crippen LogP contribution >= 0.6 is 7.29 Å². The Hall–Kier alpha value is -3.03. The van der Waals surface area contributed by atoms with E-state index < -0.39 is 7.29 Å². The summed E-state index contributed by atoms with van der Waals surface area (Å²) >= 11 is 0. The predicted octanol–water partition coefficient (Wildman–Crippen LogP) is 6.40. The zero-order chi connectivity index (χ0) is 17.8. The van der Waals surface area contributed by atoms with Crippen molar-refractivity contribution in [3.05, 3.63) is 114 Å². The summed E-state index contributed by atoms with van der Waals surface area (Å²) in [6.45, 7) is 0. The summed E-state index contributed by atoms with van der Waals surface area (Å²) in [4.78, 5) is 0.